The second-order valence-corrected chi connectivity index (χ2v) is 7.82. The van der Waals surface area contributed by atoms with E-state index in [1.165, 1.54) is 0 Å². The number of hydrogen-bond acceptors (Lipinski definition) is 7. The first-order chi connectivity index (χ1) is 13.9. The molecule has 7 nitrogen and oxygen atoms in total. The summed E-state index contributed by atoms with van der Waals surface area (Å²) in [5.74, 6) is -1.78. The molecule has 3 rings (SSSR count). The molecule has 154 valence electrons. The molecule has 0 radical (unpaired) electrons. The molecule has 0 bridgehead atoms. The molecule has 1 atom stereocenters. The standard InChI is InChI=1S/C21H24N2O5S/c1-4-23(5-2)11-15(24)22-21(20(27)28-6-3)12-29-19-16(21)17(25)13-9-7-8-10-14(13)18(19)26/h7-10H,4-6,11-12H2,1-3H3,(H,22,24). The number of nitrogens with zero attached hydrogens (tertiary/aromatic N) is 1. The van der Waals surface area contributed by atoms with Gasteiger partial charge in [0.2, 0.25) is 11.7 Å². The molecule has 0 spiro atoms. The molecule has 1 aliphatic carbocycles. The molecule has 29 heavy (non-hydrogen) atoms. The van der Waals surface area contributed by atoms with Gasteiger partial charge in [0.05, 0.1) is 23.6 Å². The number of ether oxygens (including phenoxy) is 1. The van der Waals surface area contributed by atoms with Crippen LogP contribution in [0.1, 0.15) is 41.5 Å². The third kappa shape index (κ3) is 3.62. The van der Waals surface area contributed by atoms with Crippen LogP contribution in [0.5, 0.6) is 0 Å². The summed E-state index contributed by atoms with van der Waals surface area (Å²) >= 11 is 1.12. The number of nitrogens with one attached hydrogen (secondary N) is 1. The van der Waals surface area contributed by atoms with Gasteiger partial charge in [-0.25, -0.2) is 4.79 Å². The molecular formula is C21H24N2O5S. The van der Waals surface area contributed by atoms with Crippen LogP contribution < -0.4 is 5.32 Å². The van der Waals surface area contributed by atoms with Gasteiger partial charge in [0.25, 0.3) is 0 Å². The summed E-state index contributed by atoms with van der Waals surface area (Å²) in [6.45, 7) is 7.05. The Labute approximate surface area is 173 Å². The fourth-order valence-corrected chi connectivity index (χ4v) is 4.97. The molecule has 1 aliphatic heterocycles. The molecule has 1 aromatic carbocycles. The van der Waals surface area contributed by atoms with Crippen molar-refractivity contribution in [2.24, 2.45) is 0 Å². The Hall–Kier alpha value is -2.45. The molecule has 0 saturated heterocycles. The number of benzene rings is 1. The van der Waals surface area contributed by atoms with Crippen molar-refractivity contribution in [2.45, 2.75) is 26.3 Å². The predicted molar refractivity (Wildman–Crippen MR) is 110 cm³/mol. The summed E-state index contributed by atoms with van der Waals surface area (Å²) < 4.78 is 5.23. The Balaban J connectivity index is 2.04. The maximum absolute atomic E-state index is 13.3. The fourth-order valence-electron chi connectivity index (χ4n) is 3.62. The molecule has 1 unspecified atom stereocenters. The van der Waals surface area contributed by atoms with Crippen LogP contribution in [-0.4, -0.2) is 65.9 Å². The van der Waals surface area contributed by atoms with E-state index in [0.29, 0.717) is 18.7 Å². The number of likely N-dealkylation sites (N-methyl/N-ethyl adjacent to an activating group) is 1. The van der Waals surface area contributed by atoms with Gasteiger partial charge in [-0.2, -0.15) is 0 Å². The molecule has 0 saturated carbocycles. The SMILES string of the molecule is CCOC(=O)C1(NC(=O)CN(CC)CC)CSC2=C1C(=O)c1ccccc1C2=O. The number of ketones is 2. The number of carbonyl (C=O) groups is 4. The number of hydrogen-bond donors (Lipinski definition) is 1. The van der Waals surface area contributed by atoms with E-state index in [9.17, 15) is 19.2 Å². The Bertz CT molecular complexity index is 906. The van der Waals surface area contributed by atoms with Crippen molar-refractivity contribution in [1.82, 2.24) is 10.2 Å². The molecular weight excluding hydrogens is 392 g/mol. The van der Waals surface area contributed by atoms with Crippen LogP contribution in [0.3, 0.4) is 0 Å². The number of Topliss-reactive ketones (excluding diaryl/α,β-unsaturated/α-hetero) is 2. The normalized spacial score (nSPS) is 20.6. The number of rotatable bonds is 7. The largest absolute Gasteiger partial charge is 0.464 e. The van der Waals surface area contributed by atoms with Crippen molar-refractivity contribution in [1.29, 1.82) is 0 Å². The highest BCUT2D eigenvalue weighted by molar-refractivity contribution is 8.04. The van der Waals surface area contributed by atoms with E-state index in [1.54, 1.807) is 31.2 Å². The van der Waals surface area contributed by atoms with E-state index < -0.39 is 23.2 Å². The van der Waals surface area contributed by atoms with Gasteiger partial charge in [-0.3, -0.25) is 19.3 Å². The first-order valence-electron chi connectivity index (χ1n) is 9.66. The molecule has 1 N–H and O–H groups in total. The number of thioether (sulfide) groups is 1. The van der Waals surface area contributed by atoms with Gasteiger partial charge in [0.1, 0.15) is 0 Å². The van der Waals surface area contributed by atoms with Gasteiger partial charge in [0.15, 0.2) is 11.3 Å². The molecule has 8 heteroatoms. The second-order valence-electron chi connectivity index (χ2n) is 6.83. The van der Waals surface area contributed by atoms with Gasteiger partial charge >= 0.3 is 5.97 Å². The van der Waals surface area contributed by atoms with E-state index in [2.05, 4.69) is 5.32 Å². The summed E-state index contributed by atoms with van der Waals surface area (Å²) in [5.41, 5.74) is -1.08. The van der Waals surface area contributed by atoms with Crippen LogP contribution in [0, 0.1) is 0 Å². The van der Waals surface area contributed by atoms with E-state index >= 15 is 0 Å². The van der Waals surface area contributed by atoms with E-state index in [0.717, 1.165) is 11.8 Å². The highest BCUT2D eigenvalue weighted by atomic mass is 32.2. The summed E-state index contributed by atoms with van der Waals surface area (Å²) in [6.07, 6.45) is 0. The zero-order valence-corrected chi connectivity index (χ0v) is 17.6. The number of allylic oxidation sites excluding steroid dienone is 1. The Morgan fingerprint density at radius 3 is 2.31 bits per heavy atom. The highest BCUT2D eigenvalue weighted by Gasteiger charge is 2.56. The topological polar surface area (TPSA) is 92.8 Å². The van der Waals surface area contributed by atoms with Crippen LogP contribution in [0.2, 0.25) is 0 Å². The summed E-state index contributed by atoms with van der Waals surface area (Å²) in [7, 11) is 0. The van der Waals surface area contributed by atoms with Gasteiger partial charge in [-0.1, -0.05) is 38.1 Å². The summed E-state index contributed by atoms with van der Waals surface area (Å²) in [5, 5.41) is 2.75. The van der Waals surface area contributed by atoms with E-state index in [4.69, 9.17) is 4.74 Å². The Kier molecular flexibility index (Phi) is 6.24. The lowest BCUT2D eigenvalue weighted by Crippen LogP contribution is -2.60. The first-order valence-corrected chi connectivity index (χ1v) is 10.6. The van der Waals surface area contributed by atoms with Crippen molar-refractivity contribution < 1.29 is 23.9 Å². The third-order valence-electron chi connectivity index (χ3n) is 5.17. The van der Waals surface area contributed by atoms with Crippen molar-refractivity contribution in [3.8, 4) is 0 Å². The van der Waals surface area contributed by atoms with Gasteiger partial charge in [-0.15, -0.1) is 11.8 Å². The summed E-state index contributed by atoms with van der Waals surface area (Å²) in [6, 6.07) is 6.53. The molecule has 0 aromatic heterocycles. The number of esters is 1. The third-order valence-corrected chi connectivity index (χ3v) is 6.43. The maximum atomic E-state index is 13.3. The minimum atomic E-state index is -1.67. The molecule has 1 aromatic rings. The zero-order valence-electron chi connectivity index (χ0n) is 16.7. The minimum absolute atomic E-state index is 0.0255. The first kappa shape index (κ1) is 21.3. The molecule has 2 aliphatic rings. The number of amides is 1. The Morgan fingerprint density at radius 1 is 1.10 bits per heavy atom. The lowest BCUT2D eigenvalue weighted by molar-refractivity contribution is -0.150. The number of fused-ring (bicyclic) bond motifs is 1. The number of carbonyl (C=O) groups excluding carboxylic acids is 4. The maximum Gasteiger partial charge on any atom is 0.337 e. The second kappa shape index (κ2) is 8.51. The zero-order chi connectivity index (χ0) is 21.2. The lowest BCUT2D eigenvalue weighted by atomic mass is 9.79. The van der Waals surface area contributed by atoms with Crippen LogP contribution in [0.15, 0.2) is 34.7 Å². The van der Waals surface area contributed by atoms with Crippen LogP contribution in [0.25, 0.3) is 0 Å². The van der Waals surface area contributed by atoms with Crippen LogP contribution >= 0.6 is 11.8 Å². The average molecular weight is 416 g/mol. The molecule has 0 fully saturated rings. The van der Waals surface area contributed by atoms with Gasteiger partial charge in [0, 0.05) is 16.9 Å². The average Bonchev–Trinajstić information content (AvgIpc) is 3.11. The predicted octanol–water partition coefficient (Wildman–Crippen LogP) is 1.83. The van der Waals surface area contributed by atoms with Crippen molar-refractivity contribution in [3.63, 3.8) is 0 Å². The lowest BCUT2D eigenvalue weighted by Gasteiger charge is -2.32. The van der Waals surface area contributed by atoms with Crippen LogP contribution in [0.4, 0.5) is 0 Å². The van der Waals surface area contributed by atoms with E-state index in [-0.39, 0.29) is 40.7 Å². The summed E-state index contributed by atoms with van der Waals surface area (Å²) in [4.78, 5) is 54.1. The quantitative estimate of drug-likeness (QED) is 0.678. The van der Waals surface area contributed by atoms with Gasteiger partial charge < -0.3 is 10.1 Å². The molecule has 1 amide bonds. The van der Waals surface area contributed by atoms with Crippen molar-refractivity contribution in [3.05, 3.63) is 45.9 Å². The smallest absolute Gasteiger partial charge is 0.337 e. The van der Waals surface area contributed by atoms with E-state index in [1.807, 2.05) is 18.7 Å². The van der Waals surface area contributed by atoms with Gasteiger partial charge in [-0.05, 0) is 20.0 Å². The monoisotopic (exact) mass is 416 g/mol. The van der Waals surface area contributed by atoms with Crippen LogP contribution in [-0.2, 0) is 14.3 Å². The Morgan fingerprint density at radius 2 is 1.72 bits per heavy atom. The van der Waals surface area contributed by atoms with Crippen molar-refractivity contribution >= 4 is 35.2 Å². The van der Waals surface area contributed by atoms with Crippen molar-refractivity contribution in [2.75, 3.05) is 32.0 Å². The minimum Gasteiger partial charge on any atom is -0.464 e. The fraction of sp³-hybridized carbons (Fsp3) is 0.429. The molecule has 1 heterocycles. The highest BCUT2D eigenvalue weighted by Crippen LogP contribution is 2.46.